The van der Waals surface area contributed by atoms with Crippen molar-refractivity contribution in [2.24, 2.45) is 11.3 Å². The molecule has 38 heavy (non-hydrogen) atoms. The van der Waals surface area contributed by atoms with E-state index in [9.17, 15) is 13.6 Å². The molecule has 0 aliphatic heterocycles. The van der Waals surface area contributed by atoms with Crippen molar-refractivity contribution in [3.05, 3.63) is 60.2 Å². The molecular weight excluding hydrogens is 488 g/mol. The van der Waals surface area contributed by atoms with Crippen LogP contribution >= 0.6 is 0 Å². The molecule has 3 aromatic rings. The van der Waals surface area contributed by atoms with Crippen LogP contribution in [0.1, 0.15) is 63.1 Å². The van der Waals surface area contributed by atoms with Gasteiger partial charge in [-0.05, 0) is 86.3 Å². The monoisotopic (exact) mass is 521 g/mol. The summed E-state index contributed by atoms with van der Waals surface area (Å²) in [5.41, 5.74) is 2.55. The third-order valence-electron chi connectivity index (χ3n) is 9.14. The number of benzene rings is 2. The first-order valence-electron chi connectivity index (χ1n) is 13.4. The van der Waals surface area contributed by atoms with Gasteiger partial charge in [-0.25, -0.2) is 8.78 Å². The maximum atomic E-state index is 13.8. The van der Waals surface area contributed by atoms with Gasteiger partial charge in [-0.3, -0.25) is 4.79 Å². The Morgan fingerprint density at radius 3 is 2.29 bits per heavy atom. The van der Waals surface area contributed by atoms with Crippen molar-refractivity contribution in [3.8, 4) is 16.9 Å². The normalized spacial score (nSPS) is 26.1. The lowest BCUT2D eigenvalue weighted by Crippen LogP contribution is -2.53. The number of aromatic nitrogens is 2. The summed E-state index contributed by atoms with van der Waals surface area (Å²) in [5, 5.41) is 4.01. The maximum Gasteiger partial charge on any atom is 0.249 e. The Morgan fingerprint density at radius 2 is 1.68 bits per heavy atom. The average molecular weight is 522 g/mol. The largest absolute Gasteiger partial charge is 0.497 e. The van der Waals surface area contributed by atoms with Gasteiger partial charge in [-0.15, -0.1) is 0 Å². The number of amides is 1. The SMILES string of the molecule is COc1cccc(-c2cccc(N(CC34CCC(c5nc(C)no5)(CC3)CC4)C(=O)C3CC(F)(F)C3)c2)c1. The fraction of sp³-hybridized carbons (Fsp3) is 0.500. The molecule has 200 valence electrons. The van der Waals surface area contributed by atoms with Crippen molar-refractivity contribution in [2.75, 3.05) is 18.6 Å². The zero-order chi connectivity index (χ0) is 26.5. The lowest BCUT2D eigenvalue weighted by molar-refractivity contribution is -0.148. The van der Waals surface area contributed by atoms with E-state index in [-0.39, 0.29) is 29.6 Å². The zero-order valence-corrected chi connectivity index (χ0v) is 21.9. The van der Waals surface area contributed by atoms with E-state index < -0.39 is 11.8 Å². The molecule has 0 unspecified atom stereocenters. The van der Waals surface area contributed by atoms with E-state index in [0.29, 0.717) is 12.4 Å². The van der Waals surface area contributed by atoms with Crippen LogP contribution in [0.5, 0.6) is 5.75 Å². The van der Waals surface area contributed by atoms with Crippen LogP contribution in [0.3, 0.4) is 0 Å². The van der Waals surface area contributed by atoms with Crippen molar-refractivity contribution in [1.29, 1.82) is 0 Å². The molecule has 0 radical (unpaired) electrons. The minimum atomic E-state index is -2.75. The number of aryl methyl sites for hydroxylation is 1. The lowest BCUT2D eigenvalue weighted by Gasteiger charge is -2.53. The fourth-order valence-electron chi connectivity index (χ4n) is 6.68. The summed E-state index contributed by atoms with van der Waals surface area (Å²) in [6.45, 7) is 2.38. The minimum Gasteiger partial charge on any atom is -0.497 e. The number of hydrogen-bond donors (Lipinski definition) is 0. The van der Waals surface area contributed by atoms with Crippen molar-refractivity contribution in [3.63, 3.8) is 0 Å². The number of alkyl halides is 2. The topological polar surface area (TPSA) is 68.5 Å². The second kappa shape index (κ2) is 9.17. The van der Waals surface area contributed by atoms with E-state index in [4.69, 9.17) is 9.26 Å². The van der Waals surface area contributed by atoms with Crippen LogP contribution in [0.4, 0.5) is 14.5 Å². The smallest absolute Gasteiger partial charge is 0.249 e. The van der Waals surface area contributed by atoms with Crippen molar-refractivity contribution >= 4 is 11.6 Å². The number of halogens is 2. The van der Waals surface area contributed by atoms with Crippen LogP contribution in [0.2, 0.25) is 0 Å². The van der Waals surface area contributed by atoms with E-state index in [1.165, 1.54) is 0 Å². The predicted molar refractivity (Wildman–Crippen MR) is 139 cm³/mol. The molecule has 4 aliphatic carbocycles. The van der Waals surface area contributed by atoms with E-state index in [2.05, 4.69) is 10.1 Å². The van der Waals surface area contributed by atoms with E-state index >= 15 is 0 Å². The summed E-state index contributed by atoms with van der Waals surface area (Å²) in [6, 6.07) is 15.6. The molecular formula is C30H33F2N3O3. The summed E-state index contributed by atoms with van der Waals surface area (Å²) in [4.78, 5) is 20.1. The minimum absolute atomic E-state index is 0.0509. The van der Waals surface area contributed by atoms with Gasteiger partial charge in [0.15, 0.2) is 5.82 Å². The molecule has 0 N–H and O–H groups in total. The number of rotatable bonds is 7. The molecule has 1 aromatic heterocycles. The van der Waals surface area contributed by atoms with Crippen molar-refractivity contribution in [1.82, 2.24) is 10.1 Å². The Kier molecular flexibility index (Phi) is 6.04. The Labute approximate surface area is 221 Å². The second-order valence-corrected chi connectivity index (χ2v) is 11.6. The van der Waals surface area contributed by atoms with Crippen LogP contribution in [0.15, 0.2) is 53.1 Å². The first kappa shape index (κ1) is 25.0. The molecule has 8 heteroatoms. The molecule has 0 spiro atoms. The maximum absolute atomic E-state index is 13.8. The molecule has 2 bridgehead atoms. The van der Waals surface area contributed by atoms with Gasteiger partial charge < -0.3 is 14.2 Å². The van der Waals surface area contributed by atoms with Crippen LogP contribution < -0.4 is 9.64 Å². The lowest BCUT2D eigenvalue weighted by atomic mass is 9.53. The Hall–Kier alpha value is -3.29. The highest BCUT2D eigenvalue weighted by Gasteiger charge is 2.54. The number of nitrogens with zero attached hydrogens (tertiary/aromatic N) is 3. The Morgan fingerprint density at radius 1 is 1.03 bits per heavy atom. The summed E-state index contributed by atoms with van der Waals surface area (Å²) in [6.07, 6.45) is 4.87. The summed E-state index contributed by atoms with van der Waals surface area (Å²) < 4.78 is 38.5. The van der Waals surface area contributed by atoms with Gasteiger partial charge in [-0.2, -0.15) is 4.98 Å². The number of carbonyl (C=O) groups excluding carboxylic acids is 1. The number of anilines is 1. The number of methoxy groups -OCH3 is 1. The fourth-order valence-corrected chi connectivity index (χ4v) is 6.68. The van der Waals surface area contributed by atoms with Gasteiger partial charge in [0.25, 0.3) is 0 Å². The molecule has 4 aliphatic rings. The Balaban J connectivity index is 1.28. The first-order valence-corrected chi connectivity index (χ1v) is 13.4. The first-order chi connectivity index (χ1) is 18.2. The Bertz CT molecular complexity index is 1320. The number of ether oxygens (including phenoxy) is 1. The van der Waals surface area contributed by atoms with Crippen LogP contribution in [0, 0.1) is 18.3 Å². The van der Waals surface area contributed by atoms with Gasteiger partial charge in [-0.1, -0.05) is 29.4 Å². The highest BCUT2D eigenvalue weighted by atomic mass is 19.3. The third-order valence-corrected chi connectivity index (χ3v) is 9.14. The standard InChI is InChI=1S/C30H33F2N3O3/c1-20-33-27(38-34-20)29-12-9-28(10-13-29,11-14-29)19-35(26(36)23-17-30(31,32)18-23)24-7-3-5-21(15-24)22-6-4-8-25(16-22)37-2/h3-8,15-16,23H,9-14,17-19H2,1-2H3. The molecule has 4 fully saturated rings. The number of fused-ring (bicyclic) bond motifs is 3. The third kappa shape index (κ3) is 4.48. The molecule has 1 heterocycles. The van der Waals surface area contributed by atoms with Crippen molar-refractivity contribution < 1.29 is 22.8 Å². The summed E-state index contributed by atoms with van der Waals surface area (Å²) >= 11 is 0. The zero-order valence-electron chi connectivity index (χ0n) is 21.9. The molecule has 1 amide bonds. The van der Waals surface area contributed by atoms with E-state index in [1.807, 2.05) is 55.5 Å². The molecule has 4 saturated carbocycles. The van der Waals surface area contributed by atoms with E-state index in [0.717, 1.165) is 67.0 Å². The molecule has 6 nitrogen and oxygen atoms in total. The highest BCUT2D eigenvalue weighted by molar-refractivity contribution is 5.96. The predicted octanol–water partition coefficient (Wildman–Crippen LogP) is 6.72. The van der Waals surface area contributed by atoms with Gasteiger partial charge in [0.2, 0.25) is 17.7 Å². The van der Waals surface area contributed by atoms with Gasteiger partial charge >= 0.3 is 0 Å². The van der Waals surface area contributed by atoms with Crippen molar-refractivity contribution in [2.45, 2.75) is 69.6 Å². The highest BCUT2D eigenvalue weighted by Crippen LogP contribution is 2.58. The van der Waals surface area contributed by atoms with Crippen LogP contribution in [-0.4, -0.2) is 35.6 Å². The quantitative estimate of drug-likeness (QED) is 0.345. The summed E-state index contributed by atoms with van der Waals surface area (Å²) in [5.74, 6) is -1.44. The molecule has 0 atom stereocenters. The molecule has 7 rings (SSSR count). The van der Waals surface area contributed by atoms with Gasteiger partial charge in [0.05, 0.1) is 7.11 Å². The second-order valence-electron chi connectivity index (χ2n) is 11.6. The molecule has 0 saturated heterocycles. The van der Waals surface area contributed by atoms with Crippen LogP contribution in [0.25, 0.3) is 11.1 Å². The van der Waals surface area contributed by atoms with Crippen LogP contribution in [-0.2, 0) is 10.2 Å². The summed E-state index contributed by atoms with van der Waals surface area (Å²) in [7, 11) is 1.63. The number of carbonyl (C=O) groups is 1. The number of hydrogen-bond acceptors (Lipinski definition) is 5. The van der Waals surface area contributed by atoms with Gasteiger partial charge in [0.1, 0.15) is 5.75 Å². The molecule has 2 aromatic carbocycles. The average Bonchev–Trinajstić information content (AvgIpc) is 3.38. The van der Waals surface area contributed by atoms with E-state index in [1.54, 1.807) is 12.0 Å². The van der Waals surface area contributed by atoms with Gasteiger partial charge in [0, 0.05) is 36.4 Å².